The van der Waals surface area contributed by atoms with Crippen LogP contribution < -0.4 is 10.1 Å². The van der Waals surface area contributed by atoms with Crippen LogP contribution in [0.4, 0.5) is 5.69 Å². The van der Waals surface area contributed by atoms with E-state index in [1.165, 1.54) is 0 Å². The lowest BCUT2D eigenvalue weighted by Gasteiger charge is -2.14. The Balaban J connectivity index is 1.77. The van der Waals surface area contributed by atoms with Gasteiger partial charge in [0.2, 0.25) is 0 Å². The molecule has 3 nitrogen and oxygen atoms in total. The monoisotopic (exact) mass is 433 g/mol. The predicted octanol–water partition coefficient (Wildman–Crippen LogP) is 4.72. The maximum Gasteiger partial charge on any atom is 0.119 e. The van der Waals surface area contributed by atoms with Gasteiger partial charge in [-0.1, -0.05) is 27.5 Å². The Morgan fingerprint density at radius 2 is 1.86 bits per heavy atom. The number of benzene rings is 2. The first-order valence-electron chi connectivity index (χ1n) is 6.30. The standard InChI is InChI=1S/C15H14Br2ClNO2/c16-10-1-4-13(5-2-10)21-9-12(20)8-19-11-3-6-14(17)15(18)7-11/h1-7,12,19-20H,8-9H2. The van der Waals surface area contributed by atoms with Crippen LogP contribution in [0.25, 0.3) is 0 Å². The van der Waals surface area contributed by atoms with E-state index in [9.17, 15) is 5.11 Å². The zero-order valence-electron chi connectivity index (χ0n) is 11.0. The highest BCUT2D eigenvalue weighted by Crippen LogP contribution is 2.25. The van der Waals surface area contributed by atoms with Crippen LogP contribution in [0.1, 0.15) is 0 Å². The molecule has 0 saturated carbocycles. The summed E-state index contributed by atoms with van der Waals surface area (Å²) in [5, 5.41) is 13.7. The molecule has 0 amide bonds. The molecule has 112 valence electrons. The minimum absolute atomic E-state index is 0.221. The van der Waals surface area contributed by atoms with Crippen LogP contribution in [0, 0.1) is 0 Å². The maximum atomic E-state index is 9.91. The first kappa shape index (κ1) is 16.6. The summed E-state index contributed by atoms with van der Waals surface area (Å²) in [7, 11) is 0. The van der Waals surface area contributed by atoms with Gasteiger partial charge < -0.3 is 15.2 Å². The van der Waals surface area contributed by atoms with Crippen LogP contribution in [0.5, 0.6) is 5.75 Å². The minimum atomic E-state index is -0.615. The molecule has 2 N–H and O–H groups in total. The second kappa shape index (κ2) is 8.03. The summed E-state index contributed by atoms with van der Waals surface area (Å²) < 4.78 is 7.34. The second-order valence-corrected chi connectivity index (χ2v) is 6.61. The van der Waals surface area contributed by atoms with Crippen molar-refractivity contribution in [3.63, 3.8) is 0 Å². The summed E-state index contributed by atoms with van der Waals surface area (Å²) in [5.74, 6) is 0.726. The Hall–Kier alpha value is -0.750. The maximum absolute atomic E-state index is 9.91. The third-order valence-corrected chi connectivity index (χ3v) is 4.48. The summed E-state index contributed by atoms with van der Waals surface area (Å²) in [4.78, 5) is 0. The number of aliphatic hydroxyl groups excluding tert-OH is 1. The van der Waals surface area contributed by atoms with Crippen LogP contribution >= 0.6 is 43.5 Å². The number of aliphatic hydroxyl groups is 1. The van der Waals surface area contributed by atoms with Crippen molar-refractivity contribution in [1.82, 2.24) is 0 Å². The molecule has 1 unspecified atom stereocenters. The highest BCUT2D eigenvalue weighted by atomic mass is 79.9. The van der Waals surface area contributed by atoms with Crippen molar-refractivity contribution >= 4 is 49.1 Å². The zero-order valence-corrected chi connectivity index (χ0v) is 15.0. The van der Waals surface area contributed by atoms with E-state index in [0.29, 0.717) is 11.6 Å². The van der Waals surface area contributed by atoms with Gasteiger partial charge in [-0.3, -0.25) is 0 Å². The van der Waals surface area contributed by atoms with E-state index in [1.54, 1.807) is 6.07 Å². The van der Waals surface area contributed by atoms with Gasteiger partial charge in [-0.2, -0.15) is 0 Å². The van der Waals surface area contributed by atoms with E-state index in [4.69, 9.17) is 16.3 Å². The van der Waals surface area contributed by atoms with Crippen molar-refractivity contribution in [2.75, 3.05) is 18.5 Å². The smallest absolute Gasteiger partial charge is 0.119 e. The first-order chi connectivity index (χ1) is 10.0. The molecular weight excluding hydrogens is 421 g/mol. The van der Waals surface area contributed by atoms with Gasteiger partial charge in [-0.05, 0) is 58.4 Å². The number of rotatable bonds is 6. The Labute approximate surface area is 145 Å². The van der Waals surface area contributed by atoms with Crippen molar-refractivity contribution < 1.29 is 9.84 Å². The van der Waals surface area contributed by atoms with Crippen LogP contribution in [0.15, 0.2) is 51.4 Å². The largest absolute Gasteiger partial charge is 0.491 e. The molecule has 0 spiro atoms. The lowest BCUT2D eigenvalue weighted by atomic mass is 10.3. The van der Waals surface area contributed by atoms with E-state index in [1.807, 2.05) is 36.4 Å². The molecule has 2 aromatic carbocycles. The number of anilines is 1. The Morgan fingerprint density at radius 1 is 1.14 bits per heavy atom. The lowest BCUT2D eigenvalue weighted by molar-refractivity contribution is 0.117. The molecule has 21 heavy (non-hydrogen) atoms. The Morgan fingerprint density at radius 3 is 2.52 bits per heavy atom. The molecule has 0 aromatic heterocycles. The van der Waals surface area contributed by atoms with Crippen molar-refractivity contribution in [2.24, 2.45) is 0 Å². The number of hydrogen-bond donors (Lipinski definition) is 2. The molecule has 0 heterocycles. The predicted molar refractivity (Wildman–Crippen MR) is 93.3 cm³/mol. The van der Waals surface area contributed by atoms with Gasteiger partial charge in [-0.25, -0.2) is 0 Å². The summed E-state index contributed by atoms with van der Waals surface area (Å²) >= 11 is 12.7. The molecule has 0 saturated heterocycles. The van der Waals surface area contributed by atoms with Gasteiger partial charge in [0.25, 0.3) is 0 Å². The van der Waals surface area contributed by atoms with Crippen molar-refractivity contribution in [2.45, 2.75) is 6.10 Å². The molecular formula is C15H14Br2ClNO2. The topological polar surface area (TPSA) is 41.5 Å². The minimum Gasteiger partial charge on any atom is -0.491 e. The molecule has 0 aliphatic rings. The van der Waals surface area contributed by atoms with E-state index in [-0.39, 0.29) is 6.61 Å². The van der Waals surface area contributed by atoms with Gasteiger partial charge >= 0.3 is 0 Å². The normalized spacial score (nSPS) is 12.0. The quantitative estimate of drug-likeness (QED) is 0.690. The molecule has 2 rings (SSSR count). The Kier molecular flexibility index (Phi) is 6.36. The van der Waals surface area contributed by atoms with Gasteiger partial charge in [0.15, 0.2) is 0 Å². The molecule has 0 fully saturated rings. The van der Waals surface area contributed by atoms with Crippen molar-refractivity contribution in [3.05, 3.63) is 56.4 Å². The fraction of sp³-hybridized carbons (Fsp3) is 0.200. The summed E-state index contributed by atoms with van der Waals surface area (Å²) in [6.45, 7) is 0.605. The molecule has 6 heteroatoms. The molecule has 0 radical (unpaired) electrons. The molecule has 0 bridgehead atoms. The van der Waals surface area contributed by atoms with Gasteiger partial charge in [0.1, 0.15) is 18.5 Å². The average Bonchev–Trinajstić information content (AvgIpc) is 2.48. The number of halogens is 3. The fourth-order valence-electron chi connectivity index (χ4n) is 1.62. The third-order valence-electron chi connectivity index (χ3n) is 2.72. The van der Waals surface area contributed by atoms with E-state index < -0.39 is 6.10 Å². The van der Waals surface area contributed by atoms with Crippen LogP contribution in [0.3, 0.4) is 0 Å². The highest BCUT2D eigenvalue weighted by molar-refractivity contribution is 9.10. The zero-order chi connectivity index (χ0) is 15.2. The van der Waals surface area contributed by atoms with Crippen LogP contribution in [-0.2, 0) is 0 Å². The average molecular weight is 436 g/mol. The number of ether oxygens (including phenoxy) is 1. The third kappa shape index (κ3) is 5.51. The second-order valence-electron chi connectivity index (χ2n) is 4.43. The fourth-order valence-corrected chi connectivity index (χ4v) is 2.32. The molecule has 1 atom stereocenters. The summed E-state index contributed by atoms with van der Waals surface area (Å²) in [6, 6.07) is 13.0. The summed E-state index contributed by atoms with van der Waals surface area (Å²) in [6.07, 6.45) is -0.615. The van der Waals surface area contributed by atoms with Crippen molar-refractivity contribution in [3.8, 4) is 5.75 Å². The number of hydrogen-bond acceptors (Lipinski definition) is 3. The first-order valence-corrected chi connectivity index (χ1v) is 8.26. The Bertz CT molecular complexity index is 593. The number of nitrogens with one attached hydrogen (secondary N) is 1. The molecule has 0 aliphatic heterocycles. The van der Waals surface area contributed by atoms with Gasteiger partial charge in [-0.15, -0.1) is 0 Å². The van der Waals surface area contributed by atoms with E-state index in [0.717, 1.165) is 20.4 Å². The highest BCUT2D eigenvalue weighted by Gasteiger charge is 2.06. The molecule has 2 aromatic rings. The molecule has 0 aliphatic carbocycles. The van der Waals surface area contributed by atoms with Crippen LogP contribution in [-0.4, -0.2) is 24.4 Å². The summed E-state index contributed by atoms with van der Waals surface area (Å²) in [5.41, 5.74) is 0.853. The van der Waals surface area contributed by atoms with Crippen molar-refractivity contribution in [1.29, 1.82) is 0 Å². The van der Waals surface area contributed by atoms with Gasteiger partial charge in [0.05, 0.1) is 5.02 Å². The van der Waals surface area contributed by atoms with Gasteiger partial charge in [0, 0.05) is 21.2 Å². The van der Waals surface area contributed by atoms with E-state index >= 15 is 0 Å². The lowest BCUT2D eigenvalue weighted by Crippen LogP contribution is -2.26. The van der Waals surface area contributed by atoms with E-state index in [2.05, 4.69) is 37.2 Å². The van der Waals surface area contributed by atoms with Crippen LogP contribution in [0.2, 0.25) is 5.02 Å². The SMILES string of the molecule is OC(CNc1ccc(Br)c(Cl)c1)COc1ccc(Br)cc1.